The van der Waals surface area contributed by atoms with E-state index in [1.54, 1.807) is 12.1 Å². The van der Waals surface area contributed by atoms with Gasteiger partial charge < -0.3 is 14.6 Å². The van der Waals surface area contributed by atoms with Crippen molar-refractivity contribution in [2.24, 2.45) is 0 Å². The number of hydrogen-bond acceptors (Lipinski definition) is 4. The fraction of sp³-hybridized carbons (Fsp3) is 0.235. The SMILES string of the molecule is COC(=O)c1cc(OCC=C(C)C)c2ccccc2c1O. The van der Waals surface area contributed by atoms with Crippen molar-refractivity contribution in [3.05, 3.63) is 47.5 Å². The van der Waals surface area contributed by atoms with Gasteiger partial charge in [0.1, 0.15) is 23.7 Å². The van der Waals surface area contributed by atoms with E-state index in [1.165, 1.54) is 13.2 Å². The first-order valence-corrected chi connectivity index (χ1v) is 6.63. The first-order valence-electron chi connectivity index (χ1n) is 6.63. The van der Waals surface area contributed by atoms with Gasteiger partial charge >= 0.3 is 5.97 Å². The summed E-state index contributed by atoms with van der Waals surface area (Å²) in [6.45, 7) is 4.37. The Morgan fingerprint density at radius 3 is 2.52 bits per heavy atom. The first-order chi connectivity index (χ1) is 10.0. The number of benzene rings is 2. The molecule has 0 unspecified atom stereocenters. The minimum atomic E-state index is -0.592. The van der Waals surface area contributed by atoms with E-state index in [1.807, 2.05) is 32.1 Å². The third-order valence-corrected chi connectivity index (χ3v) is 3.11. The van der Waals surface area contributed by atoms with Gasteiger partial charge in [-0.05, 0) is 26.0 Å². The Morgan fingerprint density at radius 2 is 1.90 bits per heavy atom. The lowest BCUT2D eigenvalue weighted by molar-refractivity contribution is 0.0597. The molecule has 0 aromatic heterocycles. The predicted molar refractivity (Wildman–Crippen MR) is 81.9 cm³/mol. The number of allylic oxidation sites excluding steroid dienone is 1. The fourth-order valence-corrected chi connectivity index (χ4v) is 2.01. The number of esters is 1. The second-order valence-electron chi connectivity index (χ2n) is 4.90. The zero-order valence-corrected chi connectivity index (χ0v) is 12.3. The van der Waals surface area contributed by atoms with Crippen molar-refractivity contribution >= 4 is 16.7 Å². The monoisotopic (exact) mass is 286 g/mol. The van der Waals surface area contributed by atoms with E-state index in [0.717, 1.165) is 11.0 Å². The molecule has 0 aliphatic carbocycles. The van der Waals surface area contributed by atoms with Crippen LogP contribution in [0.15, 0.2) is 42.0 Å². The number of fused-ring (bicyclic) bond motifs is 1. The quantitative estimate of drug-likeness (QED) is 0.688. The molecule has 0 spiro atoms. The third-order valence-electron chi connectivity index (χ3n) is 3.11. The van der Waals surface area contributed by atoms with E-state index in [2.05, 4.69) is 0 Å². The molecule has 2 aromatic rings. The van der Waals surface area contributed by atoms with Crippen molar-refractivity contribution in [3.63, 3.8) is 0 Å². The van der Waals surface area contributed by atoms with Crippen molar-refractivity contribution in [2.45, 2.75) is 13.8 Å². The molecular formula is C17H18O4. The van der Waals surface area contributed by atoms with E-state index in [0.29, 0.717) is 17.7 Å². The highest BCUT2D eigenvalue weighted by atomic mass is 16.5. The van der Waals surface area contributed by atoms with E-state index in [-0.39, 0.29) is 11.3 Å². The average molecular weight is 286 g/mol. The maximum absolute atomic E-state index is 11.8. The number of methoxy groups -OCH3 is 1. The summed E-state index contributed by atoms with van der Waals surface area (Å²) in [6.07, 6.45) is 1.94. The maximum atomic E-state index is 11.8. The Kier molecular flexibility index (Phi) is 4.48. The zero-order valence-electron chi connectivity index (χ0n) is 12.3. The molecule has 0 atom stereocenters. The maximum Gasteiger partial charge on any atom is 0.341 e. The fourth-order valence-electron chi connectivity index (χ4n) is 2.01. The molecule has 4 nitrogen and oxygen atoms in total. The molecule has 0 heterocycles. The van der Waals surface area contributed by atoms with Gasteiger partial charge in [-0.25, -0.2) is 4.79 Å². The molecule has 1 N–H and O–H groups in total. The number of carbonyl (C=O) groups is 1. The molecule has 110 valence electrons. The number of rotatable bonds is 4. The number of phenolic OH excluding ortho intramolecular Hbond substituents is 1. The smallest absolute Gasteiger partial charge is 0.341 e. The minimum absolute atomic E-state index is 0.0907. The number of phenols is 1. The highest BCUT2D eigenvalue weighted by molar-refractivity contribution is 6.03. The Morgan fingerprint density at radius 1 is 1.24 bits per heavy atom. The van der Waals surface area contributed by atoms with Gasteiger partial charge in [-0.3, -0.25) is 0 Å². The van der Waals surface area contributed by atoms with Crippen LogP contribution in [0.25, 0.3) is 10.8 Å². The van der Waals surface area contributed by atoms with Crippen LogP contribution in [0.3, 0.4) is 0 Å². The highest BCUT2D eigenvalue weighted by Gasteiger charge is 2.18. The van der Waals surface area contributed by atoms with E-state index < -0.39 is 5.97 Å². The average Bonchev–Trinajstić information content (AvgIpc) is 2.48. The summed E-state index contributed by atoms with van der Waals surface area (Å²) in [5.41, 5.74) is 1.25. The molecule has 0 aliphatic heterocycles. The molecule has 0 radical (unpaired) electrons. The van der Waals surface area contributed by atoms with Gasteiger partial charge in [-0.2, -0.15) is 0 Å². The van der Waals surface area contributed by atoms with Crippen LogP contribution >= 0.6 is 0 Å². The van der Waals surface area contributed by atoms with Crippen molar-refractivity contribution in [3.8, 4) is 11.5 Å². The summed E-state index contributed by atoms with van der Waals surface area (Å²) in [6, 6.07) is 8.75. The first kappa shape index (κ1) is 14.9. The third kappa shape index (κ3) is 3.16. The number of carbonyl (C=O) groups excluding carboxylic acids is 1. The standard InChI is InChI=1S/C17H18O4/c1-11(2)8-9-21-15-10-14(17(19)20-3)16(18)13-7-5-4-6-12(13)15/h4-8,10,18H,9H2,1-3H3. The summed E-state index contributed by atoms with van der Waals surface area (Å²) >= 11 is 0. The minimum Gasteiger partial charge on any atom is -0.506 e. The molecule has 2 aromatic carbocycles. The summed E-state index contributed by atoms with van der Waals surface area (Å²) in [5, 5.41) is 11.5. The van der Waals surface area contributed by atoms with Crippen LogP contribution in [-0.2, 0) is 4.74 Å². The largest absolute Gasteiger partial charge is 0.506 e. The van der Waals surface area contributed by atoms with Crippen molar-refractivity contribution in [2.75, 3.05) is 13.7 Å². The van der Waals surface area contributed by atoms with Crippen LogP contribution in [0.2, 0.25) is 0 Å². The molecule has 0 amide bonds. The zero-order chi connectivity index (χ0) is 15.4. The van der Waals surface area contributed by atoms with Crippen LogP contribution in [-0.4, -0.2) is 24.8 Å². The lowest BCUT2D eigenvalue weighted by Crippen LogP contribution is -2.04. The Hall–Kier alpha value is -2.49. The van der Waals surface area contributed by atoms with Gasteiger partial charge in [-0.1, -0.05) is 29.8 Å². The second kappa shape index (κ2) is 6.31. The summed E-state index contributed by atoms with van der Waals surface area (Å²) in [5.74, 6) is -0.140. The number of ether oxygens (including phenoxy) is 2. The highest BCUT2D eigenvalue weighted by Crippen LogP contribution is 2.36. The van der Waals surface area contributed by atoms with Crippen molar-refractivity contribution in [1.29, 1.82) is 0 Å². The van der Waals surface area contributed by atoms with Gasteiger partial charge in [0.05, 0.1) is 7.11 Å². The molecule has 0 saturated heterocycles. The van der Waals surface area contributed by atoms with E-state index in [4.69, 9.17) is 9.47 Å². The molecule has 2 rings (SSSR count). The second-order valence-corrected chi connectivity index (χ2v) is 4.90. The van der Waals surface area contributed by atoms with Gasteiger partial charge in [0.25, 0.3) is 0 Å². The summed E-state index contributed by atoms with van der Waals surface area (Å²) in [7, 11) is 1.28. The lowest BCUT2D eigenvalue weighted by Gasteiger charge is -2.12. The topological polar surface area (TPSA) is 55.8 Å². The molecule has 4 heteroatoms. The summed E-state index contributed by atoms with van der Waals surface area (Å²) < 4.78 is 10.4. The van der Waals surface area contributed by atoms with Gasteiger partial charge in [-0.15, -0.1) is 0 Å². The Balaban J connectivity index is 2.54. The molecule has 0 saturated carbocycles. The molecule has 21 heavy (non-hydrogen) atoms. The molecule has 0 bridgehead atoms. The molecule has 0 fully saturated rings. The van der Waals surface area contributed by atoms with Crippen molar-refractivity contribution < 1.29 is 19.4 Å². The number of hydrogen-bond donors (Lipinski definition) is 1. The lowest BCUT2D eigenvalue weighted by atomic mass is 10.0. The van der Waals surface area contributed by atoms with Gasteiger partial charge in [0.15, 0.2) is 0 Å². The Labute approximate surface area is 123 Å². The van der Waals surface area contributed by atoms with Crippen LogP contribution < -0.4 is 4.74 Å². The van der Waals surface area contributed by atoms with Crippen LogP contribution in [0, 0.1) is 0 Å². The number of aromatic hydroxyl groups is 1. The van der Waals surface area contributed by atoms with Gasteiger partial charge in [0, 0.05) is 10.8 Å². The van der Waals surface area contributed by atoms with Gasteiger partial charge in [0.2, 0.25) is 0 Å². The molecular weight excluding hydrogens is 268 g/mol. The summed E-state index contributed by atoms with van der Waals surface area (Å²) in [4.78, 5) is 11.8. The van der Waals surface area contributed by atoms with Crippen LogP contribution in [0.4, 0.5) is 0 Å². The van der Waals surface area contributed by atoms with E-state index >= 15 is 0 Å². The molecule has 0 aliphatic rings. The van der Waals surface area contributed by atoms with Crippen molar-refractivity contribution in [1.82, 2.24) is 0 Å². The Bertz CT molecular complexity index is 697. The normalized spacial score (nSPS) is 10.2. The van der Waals surface area contributed by atoms with E-state index in [9.17, 15) is 9.90 Å². The van der Waals surface area contributed by atoms with Crippen LogP contribution in [0.5, 0.6) is 11.5 Å². The van der Waals surface area contributed by atoms with Crippen LogP contribution in [0.1, 0.15) is 24.2 Å². The predicted octanol–water partition coefficient (Wildman–Crippen LogP) is 3.68.